The Labute approximate surface area is 133 Å². The number of esters is 1. The first-order chi connectivity index (χ1) is 10.8. The Kier molecular flexibility index (Phi) is 4.60. The number of nitrogens with zero attached hydrogens (tertiary/aromatic N) is 4. The number of pyridine rings is 1. The number of hydrogen-bond donors (Lipinski definition) is 0. The van der Waals surface area contributed by atoms with Crippen molar-refractivity contribution in [2.45, 2.75) is 32.8 Å². The predicted octanol–water partition coefficient (Wildman–Crippen LogP) is 1.90. The summed E-state index contributed by atoms with van der Waals surface area (Å²) in [6.07, 6.45) is 1.26. The van der Waals surface area contributed by atoms with E-state index in [4.69, 9.17) is 19.3 Å². The molecule has 2 heterocycles. The average Bonchev–Trinajstić information content (AvgIpc) is 2.92. The van der Waals surface area contributed by atoms with Crippen molar-refractivity contribution >= 4 is 5.97 Å². The molecule has 0 saturated carbocycles. The van der Waals surface area contributed by atoms with Crippen LogP contribution < -0.4 is 4.74 Å². The summed E-state index contributed by atoms with van der Waals surface area (Å²) in [6, 6.07) is 3.48. The molecule has 120 valence electrons. The third-order valence-electron chi connectivity index (χ3n) is 2.59. The Balaban J connectivity index is 2.20. The zero-order chi connectivity index (χ0) is 17.0. The van der Waals surface area contributed by atoms with Gasteiger partial charge >= 0.3 is 5.97 Å². The molecule has 0 spiro atoms. The van der Waals surface area contributed by atoms with Gasteiger partial charge in [0.1, 0.15) is 18.1 Å². The second-order valence-corrected chi connectivity index (χ2v) is 5.67. The topological polar surface area (TPSA) is 111 Å². The summed E-state index contributed by atoms with van der Waals surface area (Å²) in [5, 5.41) is 12.6. The highest BCUT2D eigenvalue weighted by molar-refractivity contribution is 5.72. The lowest BCUT2D eigenvalue weighted by molar-refractivity contribution is -0.154. The number of ether oxygens (including phenoxy) is 2. The van der Waals surface area contributed by atoms with Crippen LogP contribution in [0.25, 0.3) is 11.6 Å². The molecule has 0 aliphatic carbocycles. The molecule has 0 saturated heterocycles. The number of nitriles is 1. The van der Waals surface area contributed by atoms with E-state index in [1.165, 1.54) is 19.4 Å². The van der Waals surface area contributed by atoms with Gasteiger partial charge in [-0.05, 0) is 20.8 Å². The van der Waals surface area contributed by atoms with Gasteiger partial charge in [0.15, 0.2) is 17.3 Å². The molecule has 2 aromatic heterocycles. The lowest BCUT2D eigenvalue weighted by Gasteiger charge is -2.18. The van der Waals surface area contributed by atoms with Gasteiger partial charge in [0.05, 0.1) is 12.7 Å². The maximum atomic E-state index is 11.8. The van der Waals surface area contributed by atoms with Crippen molar-refractivity contribution < 1.29 is 18.8 Å². The summed E-state index contributed by atoms with van der Waals surface area (Å²) in [7, 11) is 1.44. The molecule has 8 nitrogen and oxygen atoms in total. The summed E-state index contributed by atoms with van der Waals surface area (Å²) in [4.78, 5) is 20.0. The second-order valence-electron chi connectivity index (χ2n) is 5.67. The van der Waals surface area contributed by atoms with Crippen LogP contribution in [0.4, 0.5) is 0 Å². The highest BCUT2D eigenvalue weighted by Gasteiger charge is 2.21. The van der Waals surface area contributed by atoms with Crippen molar-refractivity contribution in [2.75, 3.05) is 7.11 Å². The van der Waals surface area contributed by atoms with Crippen molar-refractivity contribution in [3.63, 3.8) is 0 Å². The van der Waals surface area contributed by atoms with Gasteiger partial charge in [0, 0.05) is 12.3 Å². The summed E-state index contributed by atoms with van der Waals surface area (Å²) in [6.45, 7) is 5.33. The van der Waals surface area contributed by atoms with Crippen LogP contribution in [0.2, 0.25) is 0 Å². The zero-order valence-electron chi connectivity index (χ0n) is 13.3. The minimum absolute atomic E-state index is 0.102. The quantitative estimate of drug-likeness (QED) is 0.786. The highest BCUT2D eigenvalue weighted by Crippen LogP contribution is 2.27. The van der Waals surface area contributed by atoms with E-state index in [1.807, 2.05) is 6.07 Å². The van der Waals surface area contributed by atoms with E-state index in [1.54, 1.807) is 20.8 Å². The third-order valence-corrected chi connectivity index (χ3v) is 2.59. The molecule has 0 radical (unpaired) electrons. The first-order valence-electron chi connectivity index (χ1n) is 6.81. The maximum Gasteiger partial charge on any atom is 0.314 e. The van der Waals surface area contributed by atoms with Crippen LogP contribution in [0.1, 0.15) is 32.2 Å². The van der Waals surface area contributed by atoms with Crippen LogP contribution in [0, 0.1) is 11.3 Å². The van der Waals surface area contributed by atoms with Crippen LogP contribution in [-0.4, -0.2) is 33.8 Å². The molecular weight excluding hydrogens is 300 g/mol. The number of methoxy groups -OCH3 is 1. The standard InChI is InChI=1S/C15H16N4O4/c1-15(2,3)22-12(20)6-11-18-14(23-19-11)13-10(21-4)5-9(7-16)8-17-13/h5,8H,6H2,1-4H3. The molecular formula is C15H16N4O4. The fraction of sp³-hybridized carbons (Fsp3) is 0.400. The van der Waals surface area contributed by atoms with E-state index in [-0.39, 0.29) is 18.1 Å². The maximum absolute atomic E-state index is 11.8. The molecule has 0 fully saturated rings. The Hall–Kier alpha value is -2.95. The minimum atomic E-state index is -0.582. The summed E-state index contributed by atoms with van der Waals surface area (Å²) in [5.74, 6) is 0.161. The predicted molar refractivity (Wildman–Crippen MR) is 78.3 cm³/mol. The number of aromatic nitrogens is 3. The van der Waals surface area contributed by atoms with Crippen molar-refractivity contribution in [1.82, 2.24) is 15.1 Å². The summed E-state index contributed by atoms with van der Waals surface area (Å²) >= 11 is 0. The van der Waals surface area contributed by atoms with Gasteiger partial charge in [-0.15, -0.1) is 0 Å². The van der Waals surface area contributed by atoms with E-state index < -0.39 is 11.6 Å². The molecule has 0 bridgehead atoms. The minimum Gasteiger partial charge on any atom is -0.494 e. The first kappa shape index (κ1) is 16.4. The van der Waals surface area contributed by atoms with Crippen molar-refractivity contribution in [2.24, 2.45) is 0 Å². The number of carbonyl (C=O) groups excluding carboxylic acids is 1. The van der Waals surface area contributed by atoms with Crippen LogP contribution >= 0.6 is 0 Å². The van der Waals surface area contributed by atoms with Gasteiger partial charge in [-0.1, -0.05) is 5.16 Å². The fourth-order valence-corrected chi connectivity index (χ4v) is 1.75. The SMILES string of the molecule is COc1cc(C#N)cnc1-c1nc(CC(=O)OC(C)(C)C)no1. The van der Waals surface area contributed by atoms with Crippen molar-refractivity contribution in [3.8, 4) is 23.4 Å². The molecule has 2 aromatic rings. The van der Waals surface area contributed by atoms with E-state index in [9.17, 15) is 4.79 Å². The summed E-state index contributed by atoms with van der Waals surface area (Å²) in [5.41, 5.74) is 0.0650. The molecule has 8 heteroatoms. The van der Waals surface area contributed by atoms with Crippen LogP contribution in [0.3, 0.4) is 0 Å². The third kappa shape index (κ3) is 4.26. The van der Waals surface area contributed by atoms with Gasteiger partial charge < -0.3 is 14.0 Å². The molecule has 0 atom stereocenters. The fourth-order valence-electron chi connectivity index (χ4n) is 1.75. The van der Waals surface area contributed by atoms with Gasteiger partial charge in [0.25, 0.3) is 5.89 Å². The molecule has 0 unspecified atom stereocenters. The van der Waals surface area contributed by atoms with E-state index in [0.717, 1.165) is 0 Å². The number of carbonyl (C=O) groups is 1. The smallest absolute Gasteiger partial charge is 0.314 e. The Morgan fingerprint density at radius 3 is 2.78 bits per heavy atom. The Morgan fingerprint density at radius 1 is 1.43 bits per heavy atom. The van der Waals surface area contributed by atoms with Crippen molar-refractivity contribution in [3.05, 3.63) is 23.7 Å². The largest absolute Gasteiger partial charge is 0.494 e. The van der Waals surface area contributed by atoms with Gasteiger partial charge in [-0.2, -0.15) is 10.2 Å². The molecule has 2 rings (SSSR count). The van der Waals surface area contributed by atoms with Gasteiger partial charge in [0.2, 0.25) is 0 Å². The van der Waals surface area contributed by atoms with E-state index in [0.29, 0.717) is 17.0 Å². The Bertz CT molecular complexity index is 756. The Morgan fingerprint density at radius 2 is 2.17 bits per heavy atom. The molecule has 0 aromatic carbocycles. The molecule has 0 amide bonds. The van der Waals surface area contributed by atoms with Gasteiger partial charge in [-0.25, -0.2) is 4.98 Å². The summed E-state index contributed by atoms with van der Waals surface area (Å²) < 4.78 is 15.5. The van der Waals surface area contributed by atoms with Crippen LogP contribution in [0.15, 0.2) is 16.8 Å². The highest BCUT2D eigenvalue weighted by atomic mass is 16.6. The molecule has 23 heavy (non-hydrogen) atoms. The monoisotopic (exact) mass is 316 g/mol. The lowest BCUT2D eigenvalue weighted by atomic mass is 10.2. The number of rotatable bonds is 4. The molecule has 0 aliphatic rings. The molecule has 0 aliphatic heterocycles. The first-order valence-corrected chi connectivity index (χ1v) is 6.81. The second kappa shape index (κ2) is 6.44. The van der Waals surface area contributed by atoms with Crippen molar-refractivity contribution in [1.29, 1.82) is 5.26 Å². The lowest BCUT2D eigenvalue weighted by Crippen LogP contribution is -2.25. The molecule has 0 N–H and O–H groups in total. The van der Waals surface area contributed by atoms with Crippen LogP contribution in [-0.2, 0) is 16.0 Å². The van der Waals surface area contributed by atoms with Gasteiger partial charge in [-0.3, -0.25) is 4.79 Å². The van der Waals surface area contributed by atoms with E-state index in [2.05, 4.69) is 15.1 Å². The average molecular weight is 316 g/mol. The van der Waals surface area contributed by atoms with E-state index >= 15 is 0 Å². The van der Waals surface area contributed by atoms with Crippen LogP contribution in [0.5, 0.6) is 5.75 Å². The normalized spacial score (nSPS) is 10.9. The number of hydrogen-bond acceptors (Lipinski definition) is 8. The zero-order valence-corrected chi connectivity index (χ0v) is 13.3.